The highest BCUT2D eigenvalue weighted by Gasteiger charge is 2.35. The molecule has 0 fully saturated rings. The molecule has 6 nitrogen and oxygen atoms in total. The highest BCUT2D eigenvalue weighted by Crippen LogP contribution is 2.37. The molecule has 0 aliphatic heterocycles. The second kappa shape index (κ2) is 10.2. The standard InChI is InChI=1S/C25H20F3N3O3S/c1-16(32)34-12-13-35-22-14-19(25(26,27)28)23-20(33)15-21(29-17-8-4-2-5-9-17)31(24(23)30-22)18-10-6-3-7-11-18/h2-11,14-15,29H,12-13H2,1H3. The first-order valence-corrected chi connectivity index (χ1v) is 11.5. The second-order valence-corrected chi connectivity index (χ2v) is 8.56. The molecular weight excluding hydrogens is 479 g/mol. The number of benzene rings is 2. The van der Waals surface area contributed by atoms with Crippen LogP contribution in [0.3, 0.4) is 0 Å². The van der Waals surface area contributed by atoms with Gasteiger partial charge in [0.1, 0.15) is 12.4 Å². The highest BCUT2D eigenvalue weighted by molar-refractivity contribution is 7.99. The van der Waals surface area contributed by atoms with Crippen molar-refractivity contribution in [1.82, 2.24) is 9.55 Å². The van der Waals surface area contributed by atoms with Gasteiger partial charge in [0.25, 0.3) is 0 Å². The van der Waals surface area contributed by atoms with E-state index in [0.717, 1.165) is 23.9 Å². The number of nitrogens with one attached hydrogen (secondary N) is 1. The summed E-state index contributed by atoms with van der Waals surface area (Å²) in [5, 5.41) is 2.65. The molecule has 4 aromatic rings. The van der Waals surface area contributed by atoms with Crippen molar-refractivity contribution < 1.29 is 22.7 Å². The highest BCUT2D eigenvalue weighted by atomic mass is 32.2. The van der Waals surface area contributed by atoms with Crippen molar-refractivity contribution in [2.75, 3.05) is 17.7 Å². The number of hydrogen-bond acceptors (Lipinski definition) is 6. The minimum absolute atomic E-state index is 0.0160. The fourth-order valence-corrected chi connectivity index (χ4v) is 4.25. The van der Waals surface area contributed by atoms with Crippen LogP contribution in [0.1, 0.15) is 12.5 Å². The quantitative estimate of drug-likeness (QED) is 0.197. The first-order valence-electron chi connectivity index (χ1n) is 10.6. The number of carbonyl (C=O) groups excluding carboxylic acids is 1. The van der Waals surface area contributed by atoms with Gasteiger partial charge in [-0.3, -0.25) is 14.2 Å². The number of alkyl halides is 3. The summed E-state index contributed by atoms with van der Waals surface area (Å²) in [6.45, 7) is 1.27. The molecule has 1 N–H and O–H groups in total. The number of nitrogens with zero attached hydrogens (tertiary/aromatic N) is 2. The van der Waals surface area contributed by atoms with Crippen LogP contribution in [0.2, 0.25) is 0 Å². The third kappa shape index (κ3) is 5.65. The molecule has 4 rings (SSSR count). The molecule has 0 saturated carbocycles. The normalized spacial score (nSPS) is 11.4. The summed E-state index contributed by atoms with van der Waals surface area (Å²) in [6.07, 6.45) is -4.78. The van der Waals surface area contributed by atoms with Crippen LogP contribution in [0.4, 0.5) is 24.7 Å². The Morgan fingerprint density at radius 3 is 2.34 bits per heavy atom. The van der Waals surface area contributed by atoms with Crippen LogP contribution in [0.25, 0.3) is 16.7 Å². The van der Waals surface area contributed by atoms with E-state index in [9.17, 15) is 22.8 Å². The zero-order valence-electron chi connectivity index (χ0n) is 18.5. The van der Waals surface area contributed by atoms with Crippen LogP contribution < -0.4 is 10.7 Å². The molecule has 10 heteroatoms. The summed E-state index contributed by atoms with van der Waals surface area (Å²) >= 11 is 1.00. The Morgan fingerprint density at radius 1 is 1.06 bits per heavy atom. The van der Waals surface area contributed by atoms with E-state index >= 15 is 0 Å². The van der Waals surface area contributed by atoms with Crippen LogP contribution in [-0.4, -0.2) is 27.9 Å². The third-order valence-corrected chi connectivity index (χ3v) is 5.82. The Morgan fingerprint density at radius 2 is 1.71 bits per heavy atom. The number of hydrogen-bond donors (Lipinski definition) is 1. The number of pyridine rings is 2. The number of rotatable bonds is 7. The van der Waals surface area contributed by atoms with Gasteiger partial charge in [0, 0.05) is 30.1 Å². The zero-order valence-corrected chi connectivity index (χ0v) is 19.3. The molecule has 0 atom stereocenters. The molecule has 0 aliphatic rings. The monoisotopic (exact) mass is 499 g/mol. The molecule has 35 heavy (non-hydrogen) atoms. The number of para-hydroxylation sites is 2. The van der Waals surface area contributed by atoms with E-state index in [1.165, 1.54) is 11.5 Å². The Bertz CT molecular complexity index is 1410. The Balaban J connectivity index is 1.96. The number of aromatic nitrogens is 2. The summed E-state index contributed by atoms with van der Waals surface area (Å²) in [7, 11) is 0. The smallest absolute Gasteiger partial charge is 0.417 e. The van der Waals surface area contributed by atoms with E-state index in [1.807, 2.05) is 6.07 Å². The van der Waals surface area contributed by atoms with Crippen LogP contribution in [0, 0.1) is 0 Å². The van der Waals surface area contributed by atoms with Crippen molar-refractivity contribution in [3.63, 3.8) is 0 Å². The fraction of sp³-hybridized carbons (Fsp3) is 0.160. The fourth-order valence-electron chi connectivity index (χ4n) is 3.52. The second-order valence-electron chi connectivity index (χ2n) is 7.45. The number of thioether (sulfide) groups is 1. The lowest BCUT2D eigenvalue weighted by molar-refractivity contribution is -0.140. The molecule has 0 saturated heterocycles. The van der Waals surface area contributed by atoms with Crippen molar-refractivity contribution >= 4 is 40.3 Å². The van der Waals surface area contributed by atoms with E-state index in [4.69, 9.17) is 4.74 Å². The molecule has 2 heterocycles. The van der Waals surface area contributed by atoms with E-state index in [0.29, 0.717) is 11.4 Å². The van der Waals surface area contributed by atoms with Gasteiger partial charge in [0.15, 0.2) is 11.1 Å². The van der Waals surface area contributed by atoms with Crippen molar-refractivity contribution in [2.45, 2.75) is 18.1 Å². The topological polar surface area (TPSA) is 73.2 Å². The first kappa shape index (κ1) is 24.3. The lowest BCUT2D eigenvalue weighted by atomic mass is 10.1. The van der Waals surface area contributed by atoms with E-state index in [1.54, 1.807) is 54.6 Å². The van der Waals surface area contributed by atoms with Gasteiger partial charge in [-0.25, -0.2) is 4.98 Å². The predicted molar refractivity (Wildman–Crippen MR) is 129 cm³/mol. The molecule has 0 radical (unpaired) electrons. The van der Waals surface area contributed by atoms with Crippen molar-refractivity contribution in [2.24, 2.45) is 0 Å². The SMILES string of the molecule is CC(=O)OCCSc1cc(C(F)(F)F)c2c(=O)cc(Nc3ccccc3)n(-c3ccccc3)c2n1. The number of esters is 1. The van der Waals surface area contributed by atoms with E-state index < -0.39 is 28.5 Å². The lowest BCUT2D eigenvalue weighted by Gasteiger charge is -2.20. The predicted octanol–water partition coefficient (Wildman–Crippen LogP) is 5.80. The van der Waals surface area contributed by atoms with Gasteiger partial charge < -0.3 is 10.1 Å². The molecule has 0 aliphatic carbocycles. The Hall–Kier alpha value is -3.79. The minimum atomic E-state index is -4.78. The third-order valence-electron chi connectivity index (χ3n) is 4.95. The maximum atomic E-state index is 14.1. The zero-order chi connectivity index (χ0) is 25.0. The van der Waals surface area contributed by atoms with Crippen molar-refractivity contribution in [3.05, 3.63) is 88.6 Å². The molecule has 0 spiro atoms. The first-order chi connectivity index (χ1) is 16.7. The maximum absolute atomic E-state index is 14.1. The number of halogens is 3. The maximum Gasteiger partial charge on any atom is 0.417 e. The van der Waals surface area contributed by atoms with Crippen LogP contribution in [0.15, 0.2) is 82.6 Å². The molecule has 0 bridgehead atoms. The van der Waals surface area contributed by atoms with Gasteiger partial charge in [-0.2, -0.15) is 13.2 Å². The average Bonchev–Trinajstić information content (AvgIpc) is 2.82. The number of anilines is 2. The van der Waals surface area contributed by atoms with Gasteiger partial charge >= 0.3 is 12.1 Å². The summed E-state index contributed by atoms with van der Waals surface area (Å²) in [5.74, 6) is -0.0161. The molecule has 0 unspecified atom stereocenters. The van der Waals surface area contributed by atoms with E-state index in [-0.39, 0.29) is 28.9 Å². The van der Waals surface area contributed by atoms with E-state index in [2.05, 4.69) is 10.3 Å². The van der Waals surface area contributed by atoms with Crippen molar-refractivity contribution in [3.8, 4) is 5.69 Å². The molecule has 2 aromatic carbocycles. The molecule has 180 valence electrons. The average molecular weight is 500 g/mol. The largest absolute Gasteiger partial charge is 0.465 e. The molecule has 0 amide bonds. The van der Waals surface area contributed by atoms with Crippen LogP contribution >= 0.6 is 11.8 Å². The summed E-state index contributed by atoms with van der Waals surface area (Å²) < 4.78 is 48.6. The van der Waals surface area contributed by atoms with Gasteiger partial charge in [-0.05, 0) is 30.3 Å². The van der Waals surface area contributed by atoms with Crippen molar-refractivity contribution in [1.29, 1.82) is 0 Å². The van der Waals surface area contributed by atoms with Crippen LogP contribution in [0.5, 0.6) is 0 Å². The van der Waals surface area contributed by atoms with Crippen LogP contribution in [-0.2, 0) is 15.7 Å². The number of carbonyl (C=O) groups is 1. The Kier molecular flexibility index (Phi) is 7.11. The number of ether oxygens (including phenoxy) is 1. The molecular formula is C25H20F3N3O3S. The summed E-state index contributed by atoms with van der Waals surface area (Å²) in [4.78, 5) is 28.5. The summed E-state index contributed by atoms with van der Waals surface area (Å²) in [6, 6.07) is 19.7. The van der Waals surface area contributed by atoms with Gasteiger partial charge in [-0.15, -0.1) is 11.8 Å². The number of fused-ring (bicyclic) bond motifs is 1. The van der Waals surface area contributed by atoms with Gasteiger partial charge in [0.05, 0.1) is 16.0 Å². The van der Waals surface area contributed by atoms with Gasteiger partial charge in [0.2, 0.25) is 0 Å². The molecule has 2 aromatic heterocycles. The summed E-state index contributed by atoms with van der Waals surface area (Å²) in [5.41, 5.74) is -0.829. The Labute approximate surface area is 202 Å². The lowest BCUT2D eigenvalue weighted by Crippen LogP contribution is -2.18. The van der Waals surface area contributed by atoms with Gasteiger partial charge in [-0.1, -0.05) is 36.4 Å². The minimum Gasteiger partial charge on any atom is -0.465 e.